The molecule has 8 heteroatoms. The summed E-state index contributed by atoms with van der Waals surface area (Å²) in [5.41, 5.74) is 6.60. The molecular formula is C29H24N4O3S. The van der Waals surface area contributed by atoms with Gasteiger partial charge in [-0.2, -0.15) is 4.57 Å². The van der Waals surface area contributed by atoms with Gasteiger partial charge in [-0.15, -0.1) is 0 Å². The van der Waals surface area contributed by atoms with Crippen LogP contribution in [0, 0.1) is 13.8 Å². The van der Waals surface area contributed by atoms with Crippen molar-refractivity contribution in [2.45, 2.75) is 18.7 Å². The highest BCUT2D eigenvalue weighted by Gasteiger charge is 2.26. The number of hydrogen-bond acceptors (Lipinski definition) is 5. The maximum absolute atomic E-state index is 10.4. The fraction of sp³-hybridized carbons (Fsp3) is 0.0690. The lowest BCUT2D eigenvalue weighted by molar-refractivity contribution is -0.577. The second-order valence-electron chi connectivity index (χ2n) is 8.52. The van der Waals surface area contributed by atoms with Gasteiger partial charge in [-0.25, -0.2) is 18.0 Å². The Morgan fingerprint density at radius 2 is 1.24 bits per heavy atom. The van der Waals surface area contributed by atoms with E-state index in [9.17, 15) is 13.0 Å². The Morgan fingerprint density at radius 3 is 1.84 bits per heavy atom. The number of rotatable bonds is 3. The maximum Gasteiger partial charge on any atom is 0.328 e. The molecule has 184 valence electrons. The first kappa shape index (κ1) is 24.3. The molecule has 2 heterocycles. The van der Waals surface area contributed by atoms with Crippen LogP contribution >= 0.6 is 0 Å². The average Bonchev–Trinajstić information content (AvgIpc) is 3.19. The fourth-order valence-electron chi connectivity index (χ4n) is 4.17. The van der Waals surface area contributed by atoms with Crippen molar-refractivity contribution in [2.75, 3.05) is 0 Å². The second kappa shape index (κ2) is 9.93. The lowest BCUT2D eigenvalue weighted by Crippen LogP contribution is -2.34. The fourth-order valence-corrected chi connectivity index (χ4v) is 4.63. The highest BCUT2D eigenvalue weighted by atomic mass is 32.2. The number of aromatic nitrogens is 4. The first-order valence-corrected chi connectivity index (χ1v) is 13.1. The molecule has 0 unspecified atom stereocenters. The van der Waals surface area contributed by atoms with E-state index >= 15 is 0 Å². The van der Waals surface area contributed by atoms with E-state index in [-0.39, 0.29) is 4.90 Å². The van der Waals surface area contributed by atoms with Crippen LogP contribution in [-0.4, -0.2) is 27.5 Å². The van der Waals surface area contributed by atoms with E-state index < -0.39 is 10.1 Å². The van der Waals surface area contributed by atoms with Crippen molar-refractivity contribution in [2.24, 2.45) is 0 Å². The Balaban J connectivity index is 0.000000215. The molecule has 0 fully saturated rings. The molecule has 37 heavy (non-hydrogen) atoms. The van der Waals surface area contributed by atoms with Crippen LogP contribution in [0.1, 0.15) is 11.4 Å². The highest BCUT2D eigenvalue weighted by Crippen LogP contribution is 2.22. The van der Waals surface area contributed by atoms with Crippen molar-refractivity contribution in [3.05, 3.63) is 121 Å². The van der Waals surface area contributed by atoms with Crippen LogP contribution in [0.25, 0.3) is 33.7 Å². The molecule has 0 aliphatic rings. The molecule has 0 N–H and O–H groups in total. The molecule has 0 aliphatic carbocycles. The van der Waals surface area contributed by atoms with Crippen molar-refractivity contribution in [1.82, 2.24) is 14.5 Å². The summed E-state index contributed by atoms with van der Waals surface area (Å²) in [5.74, 6) is 1.06. The van der Waals surface area contributed by atoms with E-state index in [4.69, 9.17) is 9.97 Å². The molecule has 0 radical (unpaired) electrons. The van der Waals surface area contributed by atoms with Crippen LogP contribution in [0.4, 0.5) is 0 Å². The summed E-state index contributed by atoms with van der Waals surface area (Å²) in [4.78, 5) is 9.70. The van der Waals surface area contributed by atoms with Gasteiger partial charge in [0.1, 0.15) is 27.0 Å². The summed E-state index contributed by atoms with van der Waals surface area (Å²) in [6.07, 6.45) is 0. The monoisotopic (exact) mass is 508 g/mol. The standard InChI is InChI=1S/C22H17N4.C7H8O3S/c1-16-25(17-10-4-2-5-11-17)21-22(26(16)18-12-6-3-7-13-18)24-20-15-9-8-14-19(20)23-21;1-6-2-4-7(5-3-6)11(8,9)10/h2-15H,1H3;2-5H,1H3,(H,8,9,10)/q+1;/p-1. The number of imidazole rings is 1. The Bertz CT molecular complexity index is 1700. The van der Waals surface area contributed by atoms with Crippen LogP contribution in [0.5, 0.6) is 0 Å². The van der Waals surface area contributed by atoms with Gasteiger partial charge in [-0.3, -0.25) is 0 Å². The topological polar surface area (TPSA) is 91.8 Å². The van der Waals surface area contributed by atoms with E-state index in [1.54, 1.807) is 12.1 Å². The summed E-state index contributed by atoms with van der Waals surface area (Å²) in [6, 6.07) is 34.4. The van der Waals surface area contributed by atoms with E-state index in [1.807, 2.05) is 67.6 Å². The molecule has 0 bridgehead atoms. The van der Waals surface area contributed by atoms with Gasteiger partial charge in [-0.1, -0.05) is 71.2 Å². The Kier molecular flexibility index (Phi) is 6.52. The Hall–Kier alpha value is -4.40. The molecule has 2 aromatic heterocycles. The summed E-state index contributed by atoms with van der Waals surface area (Å²) in [5, 5.41) is 0. The first-order chi connectivity index (χ1) is 17.8. The third-order valence-corrected chi connectivity index (χ3v) is 6.79. The van der Waals surface area contributed by atoms with E-state index in [2.05, 4.69) is 40.3 Å². The lowest BCUT2D eigenvalue weighted by Gasteiger charge is -2.05. The molecule has 7 nitrogen and oxygen atoms in total. The second-order valence-corrected chi connectivity index (χ2v) is 9.90. The minimum absolute atomic E-state index is 0.178. The van der Waals surface area contributed by atoms with Crippen LogP contribution in [0.15, 0.2) is 114 Å². The molecule has 0 aliphatic heterocycles. The zero-order valence-corrected chi connectivity index (χ0v) is 21.1. The van der Waals surface area contributed by atoms with Gasteiger partial charge in [-0.05, 0) is 55.5 Å². The molecule has 0 atom stereocenters. The average molecular weight is 509 g/mol. The summed E-state index contributed by atoms with van der Waals surface area (Å²) >= 11 is 0. The molecular weight excluding hydrogens is 484 g/mol. The van der Waals surface area contributed by atoms with E-state index in [0.29, 0.717) is 0 Å². The highest BCUT2D eigenvalue weighted by molar-refractivity contribution is 7.85. The number of nitrogens with zero attached hydrogens (tertiary/aromatic N) is 4. The van der Waals surface area contributed by atoms with Gasteiger partial charge < -0.3 is 4.55 Å². The molecule has 0 saturated heterocycles. The van der Waals surface area contributed by atoms with Crippen molar-refractivity contribution in [3.8, 4) is 11.4 Å². The van der Waals surface area contributed by atoms with Gasteiger partial charge >= 0.3 is 5.65 Å². The zero-order valence-electron chi connectivity index (χ0n) is 20.3. The predicted octanol–water partition coefficient (Wildman–Crippen LogP) is 5.06. The Labute approximate surface area is 215 Å². The summed E-state index contributed by atoms with van der Waals surface area (Å²) < 4.78 is 35.5. The molecule has 0 spiro atoms. The number of aryl methyl sites for hydroxylation is 1. The van der Waals surface area contributed by atoms with E-state index in [1.165, 1.54) is 12.1 Å². The van der Waals surface area contributed by atoms with Crippen LogP contribution in [0.3, 0.4) is 0 Å². The normalized spacial score (nSPS) is 11.3. The van der Waals surface area contributed by atoms with Crippen LogP contribution in [0.2, 0.25) is 0 Å². The smallest absolute Gasteiger partial charge is 0.328 e. The molecule has 4 aromatic carbocycles. The minimum atomic E-state index is -4.27. The van der Waals surface area contributed by atoms with Crippen LogP contribution in [-0.2, 0) is 10.1 Å². The third kappa shape index (κ3) is 4.97. The lowest BCUT2D eigenvalue weighted by atomic mass is 10.2. The maximum atomic E-state index is 10.4. The molecule has 6 rings (SSSR count). The van der Waals surface area contributed by atoms with Gasteiger partial charge in [0.25, 0.3) is 5.65 Å². The minimum Gasteiger partial charge on any atom is -0.744 e. The van der Waals surface area contributed by atoms with Crippen molar-refractivity contribution in [1.29, 1.82) is 0 Å². The van der Waals surface area contributed by atoms with Gasteiger partial charge in [0, 0.05) is 6.92 Å². The predicted molar refractivity (Wildman–Crippen MR) is 142 cm³/mol. The number of para-hydroxylation sites is 4. The quantitative estimate of drug-likeness (QED) is 0.246. The van der Waals surface area contributed by atoms with Gasteiger partial charge in [0.2, 0.25) is 5.82 Å². The molecule has 0 amide bonds. The number of benzene rings is 4. The third-order valence-electron chi connectivity index (χ3n) is 5.94. The number of fused-ring (bicyclic) bond motifs is 2. The zero-order chi connectivity index (χ0) is 26.0. The summed E-state index contributed by atoms with van der Waals surface area (Å²) in [7, 11) is -4.27. The van der Waals surface area contributed by atoms with Crippen LogP contribution < -0.4 is 4.57 Å². The van der Waals surface area contributed by atoms with Crippen molar-refractivity contribution in [3.63, 3.8) is 0 Å². The first-order valence-electron chi connectivity index (χ1n) is 11.7. The van der Waals surface area contributed by atoms with Gasteiger partial charge in [0.15, 0.2) is 5.52 Å². The van der Waals surface area contributed by atoms with Gasteiger partial charge in [0.05, 0.1) is 4.90 Å². The van der Waals surface area contributed by atoms with E-state index in [0.717, 1.165) is 45.1 Å². The van der Waals surface area contributed by atoms with Crippen molar-refractivity contribution >= 4 is 32.4 Å². The van der Waals surface area contributed by atoms with Crippen molar-refractivity contribution < 1.29 is 17.5 Å². The SMILES string of the molecule is Cc1ccc(S(=O)(=O)[O-])cc1.Cc1n(-c2ccccc2)c2nc3ccccc3nc2[n+]1-c1ccccc1. The Morgan fingerprint density at radius 1 is 0.703 bits per heavy atom. The summed E-state index contributed by atoms with van der Waals surface area (Å²) in [6.45, 7) is 3.93. The molecule has 0 saturated carbocycles. The number of hydrogen-bond donors (Lipinski definition) is 0. The molecule has 6 aromatic rings. The largest absolute Gasteiger partial charge is 0.744 e.